The van der Waals surface area contributed by atoms with Gasteiger partial charge in [0, 0.05) is 16.4 Å². The van der Waals surface area contributed by atoms with Gasteiger partial charge in [-0.15, -0.1) is 0 Å². The van der Waals surface area contributed by atoms with Gasteiger partial charge in [-0.3, -0.25) is 10.1 Å². The first kappa shape index (κ1) is 24.2. The molecule has 2 unspecified atom stereocenters. The highest BCUT2D eigenvalue weighted by Gasteiger charge is 2.53. The van der Waals surface area contributed by atoms with Crippen molar-refractivity contribution in [2.24, 2.45) is 5.92 Å². The molecule has 33 heavy (non-hydrogen) atoms. The van der Waals surface area contributed by atoms with Gasteiger partial charge in [-0.1, -0.05) is 35.9 Å². The van der Waals surface area contributed by atoms with E-state index in [-0.39, 0.29) is 11.7 Å². The maximum absolute atomic E-state index is 13.4. The average molecular weight is 493 g/mol. The second kappa shape index (κ2) is 9.59. The number of nitrogens with zero attached hydrogens (tertiary/aromatic N) is 2. The maximum Gasteiger partial charge on any atom is 0.335 e. The predicted molar refractivity (Wildman–Crippen MR) is 122 cm³/mol. The first-order valence-corrected chi connectivity index (χ1v) is 11.5. The number of amides is 2. The number of carboxylic acid groups (broad SMARTS) is 1. The lowest BCUT2D eigenvalue weighted by Gasteiger charge is -2.35. The summed E-state index contributed by atoms with van der Waals surface area (Å²) >= 11 is 5.85. The zero-order valence-corrected chi connectivity index (χ0v) is 19.2. The number of carbonyl (C=O) groups is 2. The van der Waals surface area contributed by atoms with Gasteiger partial charge in [-0.25, -0.2) is 27.9 Å². The molecule has 3 N–H and O–H groups in total. The lowest BCUT2D eigenvalue weighted by atomic mass is 9.88. The molecule has 1 aliphatic carbocycles. The summed E-state index contributed by atoms with van der Waals surface area (Å²) in [5, 5.41) is 12.4. The van der Waals surface area contributed by atoms with Crippen molar-refractivity contribution in [2.45, 2.75) is 18.6 Å². The van der Waals surface area contributed by atoms with Crippen LogP contribution >= 0.6 is 11.6 Å². The molecule has 0 saturated carbocycles. The summed E-state index contributed by atoms with van der Waals surface area (Å²) in [6, 6.07) is 6.64. The molecular weight excluding hydrogens is 472 g/mol. The standard InChI is InChI=1S/C21H21ClN4O6S/c1-13-11-14(2)24-19(23-13)25-20(29)26-33(30,31)21(10-4-3-5-17(21)18(27)28)12-32-16-8-6-15(22)7-9-16/h3-11,17H,12H2,1-2H3,(H,27,28)(H2,23,24,25,26,29). The number of carbonyl (C=O) groups excluding carboxylic acids is 1. The number of aliphatic carboxylic acids is 1. The van der Waals surface area contributed by atoms with Gasteiger partial charge in [-0.05, 0) is 44.2 Å². The van der Waals surface area contributed by atoms with Crippen molar-refractivity contribution in [1.29, 1.82) is 0 Å². The van der Waals surface area contributed by atoms with Gasteiger partial charge in [0.05, 0.1) is 0 Å². The number of aryl methyl sites for hydroxylation is 2. The summed E-state index contributed by atoms with van der Waals surface area (Å²) in [5.41, 5.74) is 1.14. The first-order valence-electron chi connectivity index (χ1n) is 9.65. The zero-order valence-electron chi connectivity index (χ0n) is 17.6. The van der Waals surface area contributed by atoms with Crippen molar-refractivity contribution < 1.29 is 27.9 Å². The van der Waals surface area contributed by atoms with Crippen LogP contribution in [0.4, 0.5) is 10.7 Å². The maximum atomic E-state index is 13.4. The molecule has 1 aromatic heterocycles. The van der Waals surface area contributed by atoms with Crippen molar-refractivity contribution in [1.82, 2.24) is 14.7 Å². The monoisotopic (exact) mass is 492 g/mol. The second-order valence-electron chi connectivity index (χ2n) is 7.29. The van der Waals surface area contributed by atoms with Crippen LogP contribution in [0.5, 0.6) is 5.75 Å². The lowest BCUT2D eigenvalue weighted by Crippen LogP contribution is -2.57. The number of allylic oxidation sites excluding steroid dienone is 2. The fraction of sp³-hybridized carbons (Fsp3) is 0.238. The van der Waals surface area contributed by atoms with E-state index in [1.54, 1.807) is 32.0 Å². The largest absolute Gasteiger partial charge is 0.491 e. The van der Waals surface area contributed by atoms with Crippen LogP contribution < -0.4 is 14.8 Å². The van der Waals surface area contributed by atoms with E-state index in [1.807, 2.05) is 4.72 Å². The Morgan fingerprint density at radius 2 is 1.79 bits per heavy atom. The van der Waals surface area contributed by atoms with Crippen LogP contribution in [-0.2, 0) is 14.8 Å². The smallest absolute Gasteiger partial charge is 0.335 e. The molecule has 0 bridgehead atoms. The quantitative estimate of drug-likeness (QED) is 0.534. The van der Waals surface area contributed by atoms with Crippen molar-refractivity contribution in [3.8, 4) is 5.75 Å². The highest BCUT2D eigenvalue weighted by Crippen LogP contribution is 2.34. The topological polar surface area (TPSA) is 148 Å². The van der Waals surface area contributed by atoms with Crippen LogP contribution in [0, 0.1) is 19.8 Å². The number of hydrogen-bond donors (Lipinski definition) is 3. The van der Waals surface area contributed by atoms with Gasteiger partial charge in [0.2, 0.25) is 16.0 Å². The molecular formula is C21H21ClN4O6S. The molecule has 2 atom stereocenters. The van der Waals surface area contributed by atoms with E-state index in [1.165, 1.54) is 36.4 Å². The Morgan fingerprint density at radius 3 is 2.39 bits per heavy atom. The van der Waals surface area contributed by atoms with Crippen molar-refractivity contribution in [3.05, 3.63) is 71.0 Å². The Hall–Kier alpha value is -3.44. The second-order valence-corrected chi connectivity index (χ2v) is 9.70. The lowest BCUT2D eigenvalue weighted by molar-refractivity contribution is -0.141. The van der Waals surface area contributed by atoms with Gasteiger partial charge >= 0.3 is 12.0 Å². The number of halogens is 1. The number of sulfonamides is 1. The van der Waals surface area contributed by atoms with E-state index in [2.05, 4.69) is 15.3 Å². The number of aromatic nitrogens is 2. The van der Waals surface area contributed by atoms with E-state index in [0.29, 0.717) is 16.4 Å². The average Bonchev–Trinajstić information content (AvgIpc) is 2.72. The number of carboxylic acids is 1. The SMILES string of the molecule is Cc1cc(C)nc(NC(=O)NS(=O)(=O)C2(COc3ccc(Cl)cc3)C=CC=CC2C(=O)O)n1. The molecule has 2 amide bonds. The Labute approximate surface area is 195 Å². The van der Waals surface area contributed by atoms with Crippen LogP contribution in [0.3, 0.4) is 0 Å². The Kier molecular flexibility index (Phi) is 7.04. The van der Waals surface area contributed by atoms with E-state index in [4.69, 9.17) is 16.3 Å². The molecule has 0 radical (unpaired) electrons. The molecule has 0 aliphatic heterocycles. The number of urea groups is 1. The molecule has 0 saturated heterocycles. The molecule has 10 nitrogen and oxygen atoms in total. The molecule has 1 heterocycles. The van der Waals surface area contributed by atoms with Gasteiger partial charge in [0.25, 0.3) is 0 Å². The van der Waals surface area contributed by atoms with E-state index in [0.717, 1.165) is 0 Å². The van der Waals surface area contributed by atoms with E-state index in [9.17, 15) is 23.1 Å². The molecule has 2 aromatic rings. The summed E-state index contributed by atoms with van der Waals surface area (Å²) in [7, 11) is -4.64. The van der Waals surface area contributed by atoms with Gasteiger partial charge in [-0.2, -0.15) is 0 Å². The third-order valence-electron chi connectivity index (χ3n) is 4.80. The van der Waals surface area contributed by atoms with E-state index < -0.39 is 39.3 Å². The third kappa shape index (κ3) is 5.49. The summed E-state index contributed by atoms with van der Waals surface area (Å²) in [4.78, 5) is 32.5. The fourth-order valence-corrected chi connectivity index (χ4v) is 4.87. The van der Waals surface area contributed by atoms with Crippen molar-refractivity contribution >= 4 is 39.6 Å². The van der Waals surface area contributed by atoms with Crippen molar-refractivity contribution in [3.63, 3.8) is 0 Å². The predicted octanol–water partition coefficient (Wildman–Crippen LogP) is 2.84. The summed E-state index contributed by atoms with van der Waals surface area (Å²) in [5.74, 6) is -2.76. The van der Waals surface area contributed by atoms with Crippen LogP contribution in [0.2, 0.25) is 5.02 Å². The molecule has 174 valence electrons. The van der Waals surface area contributed by atoms with Gasteiger partial charge in [0.15, 0.2) is 4.75 Å². The highest BCUT2D eigenvalue weighted by molar-refractivity contribution is 7.91. The minimum atomic E-state index is -4.64. The number of benzene rings is 1. The van der Waals surface area contributed by atoms with Gasteiger partial charge in [0.1, 0.15) is 18.3 Å². The van der Waals surface area contributed by atoms with Crippen LogP contribution in [0.1, 0.15) is 11.4 Å². The molecule has 1 aliphatic rings. The number of ether oxygens (including phenoxy) is 1. The molecule has 3 rings (SSSR count). The normalized spacial score (nSPS) is 19.7. The van der Waals surface area contributed by atoms with Crippen molar-refractivity contribution in [2.75, 3.05) is 11.9 Å². The molecule has 1 aromatic carbocycles. The number of rotatable bonds is 7. The zero-order chi connectivity index (χ0) is 24.2. The summed E-state index contributed by atoms with van der Waals surface area (Å²) < 4.78 is 32.1. The minimum Gasteiger partial charge on any atom is -0.491 e. The Morgan fingerprint density at radius 1 is 1.15 bits per heavy atom. The van der Waals surface area contributed by atoms with Gasteiger partial charge < -0.3 is 9.84 Å². The summed E-state index contributed by atoms with van der Waals surface area (Å²) in [6.07, 6.45) is 5.20. The summed E-state index contributed by atoms with van der Waals surface area (Å²) in [6.45, 7) is 2.79. The molecule has 0 fully saturated rings. The van der Waals surface area contributed by atoms with Crippen LogP contribution in [-0.4, -0.2) is 46.8 Å². The third-order valence-corrected chi connectivity index (χ3v) is 7.01. The molecule has 12 heteroatoms. The first-order chi connectivity index (χ1) is 15.5. The van der Waals surface area contributed by atoms with Crippen LogP contribution in [0.15, 0.2) is 54.6 Å². The number of hydrogen-bond acceptors (Lipinski definition) is 7. The number of nitrogens with one attached hydrogen (secondary N) is 2. The Bertz CT molecular complexity index is 1210. The fourth-order valence-electron chi connectivity index (χ4n) is 3.28. The number of anilines is 1. The Balaban J connectivity index is 1.90. The highest BCUT2D eigenvalue weighted by atomic mass is 35.5. The minimum absolute atomic E-state index is 0.0967. The van der Waals surface area contributed by atoms with Crippen LogP contribution in [0.25, 0.3) is 0 Å². The van der Waals surface area contributed by atoms with E-state index >= 15 is 0 Å². The molecule has 0 spiro atoms.